The topological polar surface area (TPSA) is 162 Å². The van der Waals surface area contributed by atoms with Crippen LogP contribution in [0.4, 0.5) is 5.82 Å². The Hall–Kier alpha value is -3.32. The minimum Gasteiger partial charge on any atom is -0.387 e. The fraction of sp³-hybridized carbons (Fsp3) is 0.600. The van der Waals surface area contributed by atoms with Crippen LogP contribution in [0.15, 0.2) is 30.9 Å². The summed E-state index contributed by atoms with van der Waals surface area (Å²) in [6.45, 7) is 11.4. The number of aromatic nitrogens is 6. The molecule has 4 atom stereocenters. The quantitative estimate of drug-likeness (QED) is 0.156. The zero-order valence-corrected chi connectivity index (χ0v) is 25.0. The van der Waals surface area contributed by atoms with E-state index in [1.807, 2.05) is 0 Å². The van der Waals surface area contributed by atoms with Crippen LogP contribution < -0.4 is 10.5 Å². The van der Waals surface area contributed by atoms with E-state index in [0.29, 0.717) is 18.5 Å². The summed E-state index contributed by atoms with van der Waals surface area (Å²) in [5.41, 5.74) is 9.95. The Kier molecular flexibility index (Phi) is 7.37. The van der Waals surface area contributed by atoms with E-state index in [1.54, 1.807) is 0 Å². The number of fused-ring (bicyclic) bond motifs is 2. The van der Waals surface area contributed by atoms with Crippen LogP contribution in [0.3, 0.4) is 0 Å². The maximum absolute atomic E-state index is 11.0. The van der Waals surface area contributed by atoms with Crippen LogP contribution in [0.1, 0.15) is 71.5 Å². The molecule has 12 heteroatoms. The van der Waals surface area contributed by atoms with Gasteiger partial charge in [-0.3, -0.25) is 4.90 Å². The first kappa shape index (κ1) is 28.8. The van der Waals surface area contributed by atoms with Crippen molar-refractivity contribution in [3.8, 4) is 0 Å². The number of benzene rings is 1. The fourth-order valence-corrected chi connectivity index (χ4v) is 6.48. The SMILES string of the molecule is CC(C)N(C[C@H]1O[C@@H](n2cnc3c(N)nc[n+](O)c32)[C@H](O)[C@@H]1O)C1CC(CCc2nc3ccc(C(C)(C)C)cc3[nH]2)C1. The normalized spacial score (nSPS) is 26.6. The number of aliphatic hydroxyl groups excluding tert-OH is 2. The van der Waals surface area contributed by atoms with Gasteiger partial charge in [0.2, 0.25) is 17.6 Å². The third kappa shape index (κ3) is 5.21. The highest BCUT2D eigenvalue weighted by Crippen LogP contribution is 2.38. The fourth-order valence-electron chi connectivity index (χ4n) is 6.48. The monoisotopic (exact) mass is 579 g/mol. The minimum absolute atomic E-state index is 0.101. The molecule has 1 aromatic carbocycles. The van der Waals surface area contributed by atoms with Gasteiger partial charge in [0.25, 0.3) is 6.33 Å². The van der Waals surface area contributed by atoms with E-state index in [2.05, 4.69) is 72.7 Å². The standard InChI is InChI=1S/C30H42N8O4/c1-16(2)36(13-22-25(39)26(40)29(42-22)37-14-32-24-27(31)33-15-38(41)28(24)37)19-10-17(11-19)6-9-23-34-20-8-7-18(30(3,4)5)12-21(20)35-23/h7-8,12,14-17,19,22,25-26,29,31,39-41H,6,9-11,13H2,1-5H3,(H,34,35)/p+1/t17?,19?,22-,25-,26-,29-/m1/s1. The number of aromatic amines is 1. The number of rotatable bonds is 8. The Bertz CT molecular complexity index is 1570. The second-order valence-corrected chi connectivity index (χ2v) is 13.3. The van der Waals surface area contributed by atoms with E-state index in [-0.39, 0.29) is 28.4 Å². The lowest BCUT2D eigenvalue weighted by molar-refractivity contribution is -0.888. The van der Waals surface area contributed by atoms with Crippen LogP contribution in [0.2, 0.25) is 0 Å². The molecule has 42 heavy (non-hydrogen) atoms. The second-order valence-electron chi connectivity index (χ2n) is 13.3. The van der Waals surface area contributed by atoms with Crippen molar-refractivity contribution in [3.05, 3.63) is 42.2 Å². The van der Waals surface area contributed by atoms with Gasteiger partial charge in [0.05, 0.1) is 11.0 Å². The molecular weight excluding hydrogens is 536 g/mol. The van der Waals surface area contributed by atoms with Crippen LogP contribution in [0.5, 0.6) is 0 Å². The second kappa shape index (κ2) is 10.7. The Morgan fingerprint density at radius 1 is 1.19 bits per heavy atom. The highest BCUT2D eigenvalue weighted by molar-refractivity contribution is 5.79. The number of aliphatic hydroxyl groups is 2. The summed E-state index contributed by atoms with van der Waals surface area (Å²) in [5.74, 6) is 1.80. The Balaban J connectivity index is 1.07. The number of hydrogen-bond acceptors (Lipinski definition) is 9. The zero-order valence-electron chi connectivity index (χ0n) is 25.0. The molecule has 1 aliphatic heterocycles. The highest BCUT2D eigenvalue weighted by atomic mass is 16.6. The number of H-pyrrole nitrogens is 1. The molecule has 1 saturated carbocycles. The minimum atomic E-state index is -1.20. The predicted molar refractivity (Wildman–Crippen MR) is 157 cm³/mol. The molecule has 0 unspecified atom stereocenters. The van der Waals surface area contributed by atoms with Gasteiger partial charge in [-0.2, -0.15) is 0 Å². The van der Waals surface area contributed by atoms with Gasteiger partial charge in [0.1, 0.15) is 24.1 Å². The molecule has 6 rings (SSSR count). The molecule has 0 radical (unpaired) electrons. The van der Waals surface area contributed by atoms with Crippen molar-refractivity contribution in [1.29, 1.82) is 0 Å². The van der Waals surface area contributed by atoms with E-state index in [0.717, 1.165) is 53.6 Å². The zero-order chi connectivity index (χ0) is 29.9. The van der Waals surface area contributed by atoms with Gasteiger partial charge in [-0.15, -0.1) is 0 Å². The molecule has 2 fully saturated rings. The molecule has 0 bridgehead atoms. The van der Waals surface area contributed by atoms with Gasteiger partial charge < -0.3 is 30.9 Å². The summed E-state index contributed by atoms with van der Waals surface area (Å²) in [6, 6.07) is 7.13. The summed E-state index contributed by atoms with van der Waals surface area (Å²) in [5, 5.41) is 32.2. The van der Waals surface area contributed by atoms with Crippen LogP contribution >= 0.6 is 0 Å². The van der Waals surface area contributed by atoms with Crippen molar-refractivity contribution in [2.24, 2.45) is 5.92 Å². The first-order chi connectivity index (χ1) is 19.9. The average molecular weight is 580 g/mol. The molecule has 0 spiro atoms. The average Bonchev–Trinajstić information content (AvgIpc) is 3.60. The van der Waals surface area contributed by atoms with Crippen LogP contribution in [0, 0.1) is 5.92 Å². The van der Waals surface area contributed by atoms with E-state index >= 15 is 0 Å². The number of nitrogens with zero attached hydrogens (tertiary/aromatic N) is 6. The summed E-state index contributed by atoms with van der Waals surface area (Å²) in [7, 11) is 0. The van der Waals surface area contributed by atoms with Gasteiger partial charge in [0, 0.05) is 25.0 Å². The molecule has 2 aliphatic rings. The van der Waals surface area contributed by atoms with Crippen molar-refractivity contribution in [2.75, 3.05) is 12.3 Å². The maximum atomic E-state index is 11.0. The summed E-state index contributed by atoms with van der Waals surface area (Å²) in [4.78, 5) is 18.8. The summed E-state index contributed by atoms with van der Waals surface area (Å²) in [6.07, 6.45) is 2.90. The lowest BCUT2D eigenvalue weighted by Gasteiger charge is -2.46. The lowest BCUT2D eigenvalue weighted by Crippen LogP contribution is -2.52. The number of hydrogen-bond donors (Lipinski definition) is 5. The van der Waals surface area contributed by atoms with Crippen LogP contribution in [-0.2, 0) is 16.6 Å². The third-order valence-corrected chi connectivity index (χ3v) is 9.07. The van der Waals surface area contributed by atoms with Gasteiger partial charge >= 0.3 is 5.65 Å². The van der Waals surface area contributed by atoms with Gasteiger partial charge in [0.15, 0.2) is 6.33 Å². The van der Waals surface area contributed by atoms with E-state index < -0.39 is 24.5 Å². The Labute approximate surface area is 245 Å². The molecule has 4 heterocycles. The summed E-state index contributed by atoms with van der Waals surface area (Å²) >= 11 is 0. The van der Waals surface area contributed by atoms with E-state index in [1.165, 1.54) is 16.5 Å². The molecule has 226 valence electrons. The maximum Gasteiger partial charge on any atom is 0.301 e. The van der Waals surface area contributed by atoms with Crippen molar-refractivity contribution < 1.29 is 24.9 Å². The number of nitrogens with two attached hydrogens (primary N) is 1. The first-order valence-electron chi connectivity index (χ1n) is 14.9. The van der Waals surface area contributed by atoms with Crippen LogP contribution in [-0.4, -0.2) is 81.8 Å². The van der Waals surface area contributed by atoms with E-state index in [9.17, 15) is 15.4 Å². The molecule has 0 amide bonds. The van der Waals surface area contributed by atoms with Crippen molar-refractivity contribution in [2.45, 2.75) is 102 Å². The van der Waals surface area contributed by atoms with Crippen molar-refractivity contribution in [3.63, 3.8) is 0 Å². The molecule has 1 aliphatic carbocycles. The highest BCUT2D eigenvalue weighted by Gasteiger charge is 2.48. The molecular formula is C30H43N8O4+. The Morgan fingerprint density at radius 3 is 2.67 bits per heavy atom. The predicted octanol–water partition coefficient (Wildman–Crippen LogP) is 2.45. The number of nitrogen functional groups attached to an aromatic ring is 1. The van der Waals surface area contributed by atoms with E-state index in [4.69, 9.17) is 15.5 Å². The molecule has 1 saturated heterocycles. The Morgan fingerprint density at radius 2 is 1.95 bits per heavy atom. The number of imidazole rings is 2. The van der Waals surface area contributed by atoms with Gasteiger partial charge in [-0.1, -0.05) is 36.6 Å². The smallest absolute Gasteiger partial charge is 0.301 e. The summed E-state index contributed by atoms with van der Waals surface area (Å²) < 4.78 is 8.48. The van der Waals surface area contributed by atoms with Gasteiger partial charge in [-0.05, 0) is 62.1 Å². The lowest BCUT2D eigenvalue weighted by atomic mass is 9.76. The first-order valence-corrected chi connectivity index (χ1v) is 14.9. The largest absolute Gasteiger partial charge is 0.387 e. The number of aryl methyl sites for hydroxylation is 1. The number of anilines is 1. The third-order valence-electron chi connectivity index (χ3n) is 9.07. The number of ether oxygens (including phenoxy) is 1. The van der Waals surface area contributed by atoms with Crippen molar-refractivity contribution in [1.82, 2.24) is 29.4 Å². The van der Waals surface area contributed by atoms with Crippen molar-refractivity contribution >= 4 is 28.0 Å². The number of nitrogens with one attached hydrogen (secondary N) is 1. The molecule has 3 aromatic heterocycles. The molecule has 6 N–H and O–H groups in total. The molecule has 4 aromatic rings. The van der Waals surface area contributed by atoms with Crippen LogP contribution in [0.25, 0.3) is 22.2 Å². The van der Waals surface area contributed by atoms with Gasteiger partial charge in [-0.25, -0.2) is 14.5 Å². The molecule has 12 nitrogen and oxygen atoms in total.